The summed E-state index contributed by atoms with van der Waals surface area (Å²) in [6, 6.07) is 3.98. The molecular weight excluding hydrogens is 473 g/mol. The quantitative estimate of drug-likeness (QED) is 0.592. The molecule has 1 unspecified atom stereocenters. The number of ether oxygens (including phenoxy) is 1. The SMILES string of the molecule is CC(C)(Oc1cc(F)c(F)cc1F)C(=O)NC1C[C@H]2CC[C@@H](C1)N2c1ccc(S(N)(=O)=O)cn1. The number of piperidine rings is 1. The number of nitrogens with one attached hydrogen (secondary N) is 1. The van der Waals surface area contributed by atoms with Crippen molar-refractivity contribution in [2.24, 2.45) is 5.14 Å². The van der Waals surface area contributed by atoms with Gasteiger partial charge in [-0.1, -0.05) is 0 Å². The molecule has 1 aromatic carbocycles. The molecule has 2 aliphatic heterocycles. The lowest BCUT2D eigenvalue weighted by Gasteiger charge is -2.40. The Morgan fingerprint density at radius 1 is 1.12 bits per heavy atom. The molecule has 2 fully saturated rings. The summed E-state index contributed by atoms with van der Waals surface area (Å²) < 4.78 is 69.0. The van der Waals surface area contributed by atoms with Crippen LogP contribution in [0.25, 0.3) is 0 Å². The van der Waals surface area contributed by atoms with E-state index in [1.165, 1.54) is 26.1 Å². The lowest BCUT2D eigenvalue weighted by molar-refractivity contribution is -0.135. The standard InChI is InChI=1S/C22H25F3N4O4S/c1-22(2,33-19-10-17(24)16(23)9-18(19)25)21(30)28-12-7-13-3-4-14(8-12)29(13)20-6-5-15(11-27-20)34(26,31)32/h5-6,9-14H,3-4,7-8H2,1-2H3,(H,28,30)(H2,26,31,32)/t12?,13-,14+. The zero-order valence-electron chi connectivity index (χ0n) is 18.6. The largest absolute Gasteiger partial charge is 0.475 e. The van der Waals surface area contributed by atoms with Gasteiger partial charge in [0.1, 0.15) is 10.7 Å². The number of benzene rings is 1. The second-order valence-corrected chi connectivity index (χ2v) is 10.7. The van der Waals surface area contributed by atoms with E-state index in [0.717, 1.165) is 12.8 Å². The molecule has 1 amide bonds. The lowest BCUT2D eigenvalue weighted by atomic mass is 9.96. The molecule has 8 nitrogen and oxygen atoms in total. The van der Waals surface area contributed by atoms with E-state index in [0.29, 0.717) is 30.8 Å². The van der Waals surface area contributed by atoms with Gasteiger partial charge in [-0.2, -0.15) is 0 Å². The van der Waals surface area contributed by atoms with E-state index in [4.69, 9.17) is 9.88 Å². The van der Waals surface area contributed by atoms with Crippen LogP contribution in [0, 0.1) is 17.5 Å². The van der Waals surface area contributed by atoms with Crippen LogP contribution in [-0.2, 0) is 14.8 Å². The molecule has 184 valence electrons. The first-order chi connectivity index (χ1) is 15.8. The number of primary sulfonamides is 1. The zero-order valence-corrected chi connectivity index (χ0v) is 19.4. The van der Waals surface area contributed by atoms with Crippen molar-refractivity contribution in [3.63, 3.8) is 0 Å². The van der Waals surface area contributed by atoms with E-state index in [2.05, 4.69) is 15.2 Å². The van der Waals surface area contributed by atoms with E-state index in [9.17, 15) is 26.4 Å². The highest BCUT2D eigenvalue weighted by Crippen LogP contribution is 2.39. The van der Waals surface area contributed by atoms with E-state index >= 15 is 0 Å². The third-order valence-corrected chi connectivity index (χ3v) is 7.17. The summed E-state index contributed by atoms with van der Waals surface area (Å²) in [6.07, 6.45) is 4.24. The van der Waals surface area contributed by atoms with Crippen molar-refractivity contribution in [1.29, 1.82) is 0 Å². The van der Waals surface area contributed by atoms with Gasteiger partial charge in [-0.05, 0) is 51.7 Å². The number of carbonyl (C=O) groups excluding carboxylic acids is 1. The number of nitrogens with zero attached hydrogens (tertiary/aromatic N) is 2. The minimum Gasteiger partial charge on any atom is -0.475 e. The first-order valence-electron chi connectivity index (χ1n) is 10.8. The fourth-order valence-corrected chi connectivity index (χ4v) is 5.08. The molecule has 0 saturated carbocycles. The number of hydrogen-bond donors (Lipinski definition) is 2. The van der Waals surface area contributed by atoms with Crippen molar-refractivity contribution >= 4 is 21.7 Å². The predicted molar refractivity (Wildman–Crippen MR) is 117 cm³/mol. The normalized spacial score (nSPS) is 22.5. The number of carbonyl (C=O) groups is 1. The van der Waals surface area contributed by atoms with Crippen molar-refractivity contribution in [2.45, 2.75) is 68.2 Å². The molecule has 12 heteroatoms. The first kappa shape index (κ1) is 24.3. The van der Waals surface area contributed by atoms with Gasteiger partial charge >= 0.3 is 0 Å². The summed E-state index contributed by atoms with van der Waals surface area (Å²) in [7, 11) is -3.83. The van der Waals surface area contributed by atoms with Crippen LogP contribution in [0.4, 0.5) is 19.0 Å². The van der Waals surface area contributed by atoms with Gasteiger partial charge < -0.3 is 15.0 Å². The number of rotatable bonds is 6. The van der Waals surface area contributed by atoms with Gasteiger partial charge in [0.05, 0.1) is 0 Å². The van der Waals surface area contributed by atoms with Crippen LogP contribution in [0.2, 0.25) is 0 Å². The van der Waals surface area contributed by atoms with Crippen molar-refractivity contribution < 1.29 is 31.1 Å². The minimum atomic E-state index is -3.83. The fraction of sp³-hybridized carbons (Fsp3) is 0.455. The van der Waals surface area contributed by atoms with Gasteiger partial charge in [0.15, 0.2) is 28.8 Å². The molecule has 2 aliphatic rings. The molecule has 0 aliphatic carbocycles. The Kier molecular flexibility index (Phi) is 6.23. The van der Waals surface area contributed by atoms with E-state index < -0.39 is 44.7 Å². The summed E-state index contributed by atoms with van der Waals surface area (Å²) >= 11 is 0. The van der Waals surface area contributed by atoms with Crippen LogP contribution in [-0.4, -0.2) is 43.0 Å². The maximum Gasteiger partial charge on any atom is 0.263 e. The molecule has 1 aromatic heterocycles. The Morgan fingerprint density at radius 3 is 2.29 bits per heavy atom. The summed E-state index contributed by atoms with van der Waals surface area (Å²) in [5.74, 6) is -4.15. The van der Waals surface area contributed by atoms with Crippen LogP contribution >= 0.6 is 0 Å². The molecule has 34 heavy (non-hydrogen) atoms. The number of fused-ring (bicyclic) bond motifs is 2. The molecule has 0 spiro atoms. The molecule has 0 radical (unpaired) electrons. The average Bonchev–Trinajstić information content (AvgIpc) is 3.01. The van der Waals surface area contributed by atoms with Gasteiger partial charge in [-0.15, -0.1) is 0 Å². The smallest absolute Gasteiger partial charge is 0.263 e. The summed E-state index contributed by atoms with van der Waals surface area (Å²) in [5.41, 5.74) is -1.54. The third-order valence-electron chi connectivity index (χ3n) is 6.27. The molecule has 3 N–H and O–H groups in total. The highest BCUT2D eigenvalue weighted by Gasteiger charge is 2.43. The Morgan fingerprint density at radius 2 is 1.74 bits per heavy atom. The summed E-state index contributed by atoms with van der Waals surface area (Å²) in [6.45, 7) is 2.84. The fourth-order valence-electron chi connectivity index (χ4n) is 4.63. The van der Waals surface area contributed by atoms with E-state index in [-0.39, 0.29) is 23.0 Å². The number of amides is 1. The molecule has 3 heterocycles. The van der Waals surface area contributed by atoms with Crippen molar-refractivity contribution in [2.75, 3.05) is 4.90 Å². The predicted octanol–water partition coefficient (Wildman–Crippen LogP) is 2.62. The molecule has 2 aromatic rings. The lowest BCUT2D eigenvalue weighted by Crippen LogP contribution is -2.55. The topological polar surface area (TPSA) is 115 Å². The molecule has 4 rings (SSSR count). The van der Waals surface area contributed by atoms with Gasteiger partial charge in [0, 0.05) is 36.5 Å². The van der Waals surface area contributed by atoms with Gasteiger partial charge in [-0.25, -0.2) is 31.7 Å². The maximum atomic E-state index is 14.0. The van der Waals surface area contributed by atoms with E-state index in [1.807, 2.05) is 0 Å². The van der Waals surface area contributed by atoms with Crippen LogP contribution in [0.3, 0.4) is 0 Å². The number of anilines is 1. The Bertz CT molecular complexity index is 1190. The highest BCUT2D eigenvalue weighted by atomic mass is 32.2. The van der Waals surface area contributed by atoms with E-state index in [1.54, 1.807) is 6.07 Å². The zero-order chi connectivity index (χ0) is 24.8. The number of nitrogens with two attached hydrogens (primary N) is 1. The van der Waals surface area contributed by atoms with Crippen LogP contribution in [0.5, 0.6) is 5.75 Å². The molecule has 3 atom stereocenters. The van der Waals surface area contributed by atoms with Gasteiger partial charge in [0.25, 0.3) is 5.91 Å². The number of sulfonamides is 1. The Hall–Kier alpha value is -2.86. The average molecular weight is 499 g/mol. The van der Waals surface area contributed by atoms with Crippen LogP contribution < -0.4 is 20.1 Å². The number of pyridine rings is 1. The number of hydrogen-bond acceptors (Lipinski definition) is 6. The maximum absolute atomic E-state index is 14.0. The van der Waals surface area contributed by atoms with Crippen LogP contribution in [0.15, 0.2) is 35.4 Å². The molecule has 2 bridgehead atoms. The van der Waals surface area contributed by atoms with Crippen molar-refractivity contribution in [1.82, 2.24) is 10.3 Å². The Balaban J connectivity index is 1.42. The van der Waals surface area contributed by atoms with Crippen molar-refractivity contribution in [3.05, 3.63) is 47.9 Å². The second kappa shape index (κ2) is 8.73. The first-order valence-corrected chi connectivity index (χ1v) is 12.3. The minimum absolute atomic E-state index is 0.0644. The monoisotopic (exact) mass is 498 g/mol. The molecule has 2 saturated heterocycles. The van der Waals surface area contributed by atoms with Gasteiger partial charge in [0.2, 0.25) is 10.0 Å². The second-order valence-electron chi connectivity index (χ2n) is 9.14. The van der Waals surface area contributed by atoms with Gasteiger partial charge in [-0.3, -0.25) is 4.79 Å². The molecular formula is C22H25F3N4O4S. The Labute approximate surface area is 195 Å². The number of halogens is 3. The number of aromatic nitrogens is 1. The summed E-state index contributed by atoms with van der Waals surface area (Å²) in [4.78, 5) is 19.2. The summed E-state index contributed by atoms with van der Waals surface area (Å²) in [5, 5.41) is 8.06. The third kappa shape index (κ3) is 4.83. The van der Waals surface area contributed by atoms with Crippen molar-refractivity contribution in [3.8, 4) is 5.75 Å². The highest BCUT2D eigenvalue weighted by molar-refractivity contribution is 7.89. The van der Waals surface area contributed by atoms with Crippen LogP contribution in [0.1, 0.15) is 39.5 Å².